The van der Waals surface area contributed by atoms with Gasteiger partial charge in [-0.1, -0.05) is 31.5 Å². The van der Waals surface area contributed by atoms with E-state index in [1.54, 1.807) is 6.92 Å². The van der Waals surface area contributed by atoms with E-state index in [1.807, 2.05) is 37.3 Å². The van der Waals surface area contributed by atoms with E-state index in [-0.39, 0.29) is 5.76 Å². The SMILES string of the molecule is CCCC(C)(NC(=O)c1oc(-c2ccccc2)nc1C)C(=O)O. The molecule has 1 unspecified atom stereocenters. The van der Waals surface area contributed by atoms with Crippen LogP contribution in [0.5, 0.6) is 0 Å². The summed E-state index contributed by atoms with van der Waals surface area (Å²) in [6.45, 7) is 5.00. The summed E-state index contributed by atoms with van der Waals surface area (Å²) >= 11 is 0. The summed E-state index contributed by atoms with van der Waals surface area (Å²) in [4.78, 5) is 28.1. The van der Waals surface area contributed by atoms with Crippen LogP contribution in [0.15, 0.2) is 34.7 Å². The Morgan fingerprint density at radius 1 is 1.30 bits per heavy atom. The van der Waals surface area contributed by atoms with E-state index in [9.17, 15) is 14.7 Å². The minimum atomic E-state index is -1.34. The molecule has 0 aliphatic rings. The zero-order valence-corrected chi connectivity index (χ0v) is 13.4. The lowest BCUT2D eigenvalue weighted by Gasteiger charge is -2.25. The lowest BCUT2D eigenvalue weighted by Crippen LogP contribution is -2.52. The summed E-state index contributed by atoms with van der Waals surface area (Å²) in [6.07, 6.45) is 0.959. The predicted molar refractivity (Wildman–Crippen MR) is 85.1 cm³/mol. The molecule has 1 aromatic heterocycles. The van der Waals surface area contributed by atoms with E-state index in [0.717, 1.165) is 5.56 Å². The number of nitrogens with one attached hydrogen (secondary N) is 1. The van der Waals surface area contributed by atoms with Gasteiger partial charge in [0.25, 0.3) is 5.91 Å². The maximum Gasteiger partial charge on any atom is 0.329 e. The summed E-state index contributed by atoms with van der Waals surface area (Å²) < 4.78 is 5.55. The molecule has 6 heteroatoms. The van der Waals surface area contributed by atoms with Gasteiger partial charge < -0.3 is 14.8 Å². The Hall–Kier alpha value is -2.63. The van der Waals surface area contributed by atoms with Crippen LogP contribution in [-0.2, 0) is 4.79 Å². The molecule has 0 aliphatic heterocycles. The number of carbonyl (C=O) groups is 2. The maximum atomic E-state index is 12.4. The molecule has 0 radical (unpaired) electrons. The zero-order valence-electron chi connectivity index (χ0n) is 13.4. The van der Waals surface area contributed by atoms with Gasteiger partial charge in [0, 0.05) is 5.56 Å². The molecule has 0 aliphatic carbocycles. The van der Waals surface area contributed by atoms with Crippen molar-refractivity contribution in [2.24, 2.45) is 0 Å². The number of aryl methyl sites for hydroxylation is 1. The molecule has 2 aromatic rings. The Bertz CT molecular complexity index is 709. The highest BCUT2D eigenvalue weighted by Crippen LogP contribution is 2.22. The van der Waals surface area contributed by atoms with Crippen LogP contribution in [-0.4, -0.2) is 27.5 Å². The Balaban J connectivity index is 2.27. The molecular weight excluding hydrogens is 296 g/mol. The second-order valence-corrected chi connectivity index (χ2v) is 5.64. The van der Waals surface area contributed by atoms with E-state index in [0.29, 0.717) is 24.4 Å². The van der Waals surface area contributed by atoms with Gasteiger partial charge in [-0.2, -0.15) is 0 Å². The summed E-state index contributed by atoms with van der Waals surface area (Å²) in [5.41, 5.74) is -0.160. The van der Waals surface area contributed by atoms with E-state index < -0.39 is 17.4 Å². The van der Waals surface area contributed by atoms with Crippen LogP contribution < -0.4 is 5.32 Å². The third-order valence-corrected chi connectivity index (χ3v) is 3.64. The average molecular weight is 316 g/mol. The Labute approximate surface area is 134 Å². The third-order valence-electron chi connectivity index (χ3n) is 3.64. The first-order valence-electron chi connectivity index (χ1n) is 7.46. The van der Waals surface area contributed by atoms with Crippen molar-refractivity contribution in [3.05, 3.63) is 41.8 Å². The summed E-state index contributed by atoms with van der Waals surface area (Å²) in [5.74, 6) is -1.28. The van der Waals surface area contributed by atoms with Gasteiger partial charge in [0.05, 0.1) is 5.69 Å². The smallest absolute Gasteiger partial charge is 0.329 e. The fourth-order valence-corrected chi connectivity index (χ4v) is 2.34. The zero-order chi connectivity index (χ0) is 17.0. The van der Waals surface area contributed by atoms with Gasteiger partial charge in [-0.3, -0.25) is 4.79 Å². The minimum absolute atomic E-state index is 0.0347. The second kappa shape index (κ2) is 6.64. The number of carbonyl (C=O) groups excluding carboxylic acids is 1. The molecule has 1 amide bonds. The molecule has 2 N–H and O–H groups in total. The predicted octanol–water partition coefficient (Wildman–Crippen LogP) is 3.02. The highest BCUT2D eigenvalue weighted by molar-refractivity contribution is 5.96. The number of benzene rings is 1. The van der Waals surface area contributed by atoms with Crippen LogP contribution in [0.4, 0.5) is 0 Å². The number of nitrogens with zero attached hydrogens (tertiary/aromatic N) is 1. The number of oxazole rings is 1. The van der Waals surface area contributed by atoms with Crippen LogP contribution in [0, 0.1) is 6.92 Å². The van der Waals surface area contributed by atoms with Gasteiger partial charge in [-0.05, 0) is 32.4 Å². The summed E-state index contributed by atoms with van der Waals surface area (Å²) in [7, 11) is 0. The number of hydrogen-bond acceptors (Lipinski definition) is 4. The molecule has 1 atom stereocenters. The number of amides is 1. The Morgan fingerprint density at radius 2 is 1.96 bits per heavy atom. The van der Waals surface area contributed by atoms with E-state index >= 15 is 0 Å². The first kappa shape index (κ1) is 16.7. The second-order valence-electron chi connectivity index (χ2n) is 5.64. The number of aliphatic carboxylic acids is 1. The molecule has 0 fully saturated rings. The largest absolute Gasteiger partial charge is 0.480 e. The Morgan fingerprint density at radius 3 is 2.52 bits per heavy atom. The van der Waals surface area contributed by atoms with Crippen LogP contribution >= 0.6 is 0 Å². The van der Waals surface area contributed by atoms with Crippen molar-refractivity contribution in [2.75, 3.05) is 0 Å². The monoisotopic (exact) mass is 316 g/mol. The van der Waals surface area contributed by atoms with Crippen molar-refractivity contribution < 1.29 is 19.1 Å². The van der Waals surface area contributed by atoms with Gasteiger partial charge in [-0.25, -0.2) is 9.78 Å². The van der Waals surface area contributed by atoms with Crippen LogP contribution in [0.1, 0.15) is 42.9 Å². The quantitative estimate of drug-likeness (QED) is 0.854. The molecule has 23 heavy (non-hydrogen) atoms. The first-order chi connectivity index (χ1) is 10.9. The van der Waals surface area contributed by atoms with Gasteiger partial charge in [0.15, 0.2) is 0 Å². The Kier molecular flexibility index (Phi) is 4.83. The third kappa shape index (κ3) is 3.59. The van der Waals surface area contributed by atoms with Gasteiger partial charge in [0.1, 0.15) is 5.54 Å². The molecular formula is C17H20N2O4. The molecule has 0 saturated carbocycles. The topological polar surface area (TPSA) is 92.4 Å². The van der Waals surface area contributed by atoms with E-state index in [1.165, 1.54) is 6.92 Å². The molecule has 2 rings (SSSR count). The maximum absolute atomic E-state index is 12.4. The van der Waals surface area contributed by atoms with Crippen LogP contribution in [0.3, 0.4) is 0 Å². The van der Waals surface area contributed by atoms with Gasteiger partial charge in [-0.15, -0.1) is 0 Å². The molecule has 6 nitrogen and oxygen atoms in total. The average Bonchev–Trinajstić information content (AvgIpc) is 2.90. The van der Waals surface area contributed by atoms with Crippen molar-refractivity contribution in [1.29, 1.82) is 0 Å². The molecule has 0 spiro atoms. The van der Waals surface area contributed by atoms with Crippen molar-refractivity contribution in [3.63, 3.8) is 0 Å². The lowest BCUT2D eigenvalue weighted by molar-refractivity contribution is -0.144. The van der Waals surface area contributed by atoms with Crippen molar-refractivity contribution in [1.82, 2.24) is 10.3 Å². The van der Waals surface area contributed by atoms with Gasteiger partial charge >= 0.3 is 5.97 Å². The highest BCUT2D eigenvalue weighted by atomic mass is 16.4. The van der Waals surface area contributed by atoms with Crippen LogP contribution in [0.2, 0.25) is 0 Å². The van der Waals surface area contributed by atoms with E-state index in [2.05, 4.69) is 10.3 Å². The molecule has 1 heterocycles. The molecule has 0 saturated heterocycles. The van der Waals surface area contributed by atoms with Crippen molar-refractivity contribution in [3.8, 4) is 11.5 Å². The number of carboxylic acids is 1. The number of aromatic nitrogens is 1. The first-order valence-corrected chi connectivity index (χ1v) is 7.46. The van der Waals surface area contributed by atoms with Crippen LogP contribution in [0.25, 0.3) is 11.5 Å². The minimum Gasteiger partial charge on any atom is -0.480 e. The van der Waals surface area contributed by atoms with Crippen molar-refractivity contribution in [2.45, 2.75) is 39.2 Å². The number of hydrogen-bond donors (Lipinski definition) is 2. The standard InChI is InChI=1S/C17H20N2O4/c1-4-10-17(3,16(21)22)19-14(20)13-11(2)18-15(23-13)12-8-6-5-7-9-12/h5-9H,4,10H2,1-3H3,(H,19,20)(H,21,22). The molecule has 1 aromatic carbocycles. The summed E-state index contributed by atoms with van der Waals surface area (Å²) in [5, 5.41) is 11.9. The lowest BCUT2D eigenvalue weighted by atomic mass is 9.96. The molecule has 122 valence electrons. The fraction of sp³-hybridized carbons (Fsp3) is 0.353. The highest BCUT2D eigenvalue weighted by Gasteiger charge is 2.35. The summed E-state index contributed by atoms with van der Waals surface area (Å²) in [6, 6.07) is 9.21. The number of carboxylic acid groups (broad SMARTS) is 1. The normalized spacial score (nSPS) is 13.3. The number of rotatable bonds is 6. The van der Waals surface area contributed by atoms with E-state index in [4.69, 9.17) is 4.42 Å². The molecule has 0 bridgehead atoms. The fourth-order valence-electron chi connectivity index (χ4n) is 2.34. The van der Waals surface area contributed by atoms with Crippen molar-refractivity contribution >= 4 is 11.9 Å². The van der Waals surface area contributed by atoms with Gasteiger partial charge in [0.2, 0.25) is 11.7 Å².